The number of carbonyl (C=O) groups is 2. The van der Waals surface area contributed by atoms with E-state index in [1.54, 1.807) is 31.5 Å². The molecule has 0 fully saturated rings. The van der Waals surface area contributed by atoms with E-state index < -0.39 is 11.8 Å². The van der Waals surface area contributed by atoms with Crippen molar-refractivity contribution in [2.75, 3.05) is 6.61 Å². The molecule has 7 heteroatoms. The fourth-order valence-electron chi connectivity index (χ4n) is 4.39. The first kappa shape index (κ1) is 26.6. The number of nitrogens with zero attached hydrogens (tertiary/aromatic N) is 4. The molecule has 0 aliphatic carbocycles. The van der Waals surface area contributed by atoms with Crippen LogP contribution in [0.2, 0.25) is 0 Å². The third-order valence-electron chi connectivity index (χ3n) is 6.39. The van der Waals surface area contributed by atoms with Crippen molar-refractivity contribution >= 4 is 17.9 Å². The van der Waals surface area contributed by atoms with Gasteiger partial charge < -0.3 is 4.74 Å². The van der Waals surface area contributed by atoms with Gasteiger partial charge in [-0.1, -0.05) is 32.0 Å². The van der Waals surface area contributed by atoms with Gasteiger partial charge in [0.2, 0.25) is 0 Å². The monoisotopic (exact) mass is 508 g/mol. The van der Waals surface area contributed by atoms with Crippen LogP contribution in [0.15, 0.2) is 71.4 Å². The van der Waals surface area contributed by atoms with E-state index in [-0.39, 0.29) is 11.6 Å². The Morgan fingerprint density at radius 2 is 1.74 bits per heavy atom. The summed E-state index contributed by atoms with van der Waals surface area (Å²) in [6.45, 7) is 12.0. The van der Waals surface area contributed by atoms with Gasteiger partial charge in [0.05, 0.1) is 12.3 Å². The molecule has 0 radical (unpaired) electrons. The highest BCUT2D eigenvalue weighted by atomic mass is 16.5. The highest BCUT2D eigenvalue weighted by Gasteiger charge is 2.37. The molecule has 4 rings (SSSR count). The van der Waals surface area contributed by atoms with E-state index in [1.807, 2.05) is 67.7 Å². The van der Waals surface area contributed by atoms with Gasteiger partial charge in [0.15, 0.2) is 0 Å². The Kier molecular flexibility index (Phi) is 7.63. The maximum Gasteiger partial charge on any atom is 0.271 e. The summed E-state index contributed by atoms with van der Waals surface area (Å²) in [7, 11) is 0. The van der Waals surface area contributed by atoms with Crippen molar-refractivity contribution < 1.29 is 14.3 Å². The van der Waals surface area contributed by atoms with Crippen LogP contribution in [0.25, 0.3) is 23.0 Å². The topological polar surface area (TPSA) is 88.2 Å². The number of hydrogen-bond donors (Lipinski definition) is 0. The van der Waals surface area contributed by atoms with E-state index >= 15 is 0 Å². The smallest absolute Gasteiger partial charge is 0.271 e. The lowest BCUT2D eigenvalue weighted by Crippen LogP contribution is -2.46. The molecule has 7 nitrogen and oxygen atoms in total. The van der Waals surface area contributed by atoms with Crippen molar-refractivity contribution in [1.82, 2.24) is 14.7 Å². The Hall–Kier alpha value is -4.44. The zero-order valence-electron chi connectivity index (χ0n) is 22.6. The molecule has 3 aromatic rings. The van der Waals surface area contributed by atoms with E-state index in [4.69, 9.17) is 9.84 Å². The Morgan fingerprint density at radius 1 is 1.03 bits per heavy atom. The van der Waals surface area contributed by atoms with Gasteiger partial charge in [-0.2, -0.15) is 10.4 Å². The van der Waals surface area contributed by atoms with Gasteiger partial charge in [0, 0.05) is 28.9 Å². The number of amides is 2. The summed E-state index contributed by atoms with van der Waals surface area (Å²) < 4.78 is 7.68. The zero-order valence-corrected chi connectivity index (χ0v) is 22.6. The third-order valence-corrected chi connectivity index (χ3v) is 6.39. The largest absolute Gasteiger partial charge is 0.493 e. The van der Waals surface area contributed by atoms with Crippen molar-refractivity contribution in [3.05, 3.63) is 82.6 Å². The maximum atomic E-state index is 13.5. The summed E-state index contributed by atoms with van der Waals surface area (Å²) in [5.74, 6) is 0.215. The quantitative estimate of drug-likeness (QED) is 0.294. The number of benzene rings is 2. The molecule has 1 aliphatic rings. The normalized spacial score (nSPS) is 15.1. The predicted octanol–water partition coefficient (Wildman–Crippen LogP) is 5.88. The number of imide groups is 1. The molecule has 0 bridgehead atoms. The molecule has 1 aliphatic heterocycles. The van der Waals surface area contributed by atoms with E-state index in [0.717, 1.165) is 27.5 Å². The van der Waals surface area contributed by atoms with Crippen molar-refractivity contribution in [1.29, 1.82) is 5.26 Å². The average molecular weight is 509 g/mol. The first-order valence-electron chi connectivity index (χ1n) is 12.7. The van der Waals surface area contributed by atoms with E-state index in [9.17, 15) is 14.9 Å². The summed E-state index contributed by atoms with van der Waals surface area (Å²) in [5, 5.41) is 14.6. The van der Waals surface area contributed by atoms with Gasteiger partial charge in [-0.3, -0.25) is 14.5 Å². The third kappa shape index (κ3) is 5.16. The molecule has 0 saturated heterocycles. The number of para-hydroxylation sites is 1. The number of ether oxygens (including phenoxy) is 1. The minimum atomic E-state index is -0.560. The standard InChI is InChI=1S/C31H32N4O3/c1-19(2)18-38-25-12-13-26(21(5)14-25)29-23(17-34(33-29)24-10-8-7-9-11-24)15-27-22(6)28(16-32)31(37)35(20(3)4)30(27)36/h7-15,17,19-20H,18H2,1-6H3/b27-15+. The molecule has 0 unspecified atom stereocenters. The molecular formula is C31H32N4O3. The first-order valence-corrected chi connectivity index (χ1v) is 12.7. The molecule has 0 N–H and O–H groups in total. The van der Waals surface area contributed by atoms with Crippen molar-refractivity contribution in [2.24, 2.45) is 5.92 Å². The number of rotatable bonds is 7. The van der Waals surface area contributed by atoms with E-state index in [0.29, 0.717) is 34.9 Å². The minimum Gasteiger partial charge on any atom is -0.493 e. The second-order valence-electron chi connectivity index (χ2n) is 10.1. The molecule has 1 aromatic heterocycles. The first-order chi connectivity index (χ1) is 18.1. The summed E-state index contributed by atoms with van der Waals surface area (Å²) >= 11 is 0. The SMILES string of the molecule is CC1=C(C#N)C(=O)N(C(C)C)C(=O)/C1=C/c1cn(-c2ccccc2)nc1-c1ccc(OCC(C)C)cc1C. The van der Waals surface area contributed by atoms with Gasteiger partial charge >= 0.3 is 0 Å². The molecule has 0 atom stereocenters. The number of carbonyl (C=O) groups excluding carboxylic acids is 2. The lowest BCUT2D eigenvalue weighted by atomic mass is 9.92. The van der Waals surface area contributed by atoms with Crippen LogP contribution < -0.4 is 4.74 Å². The predicted molar refractivity (Wildman–Crippen MR) is 147 cm³/mol. The van der Waals surface area contributed by atoms with Crippen molar-refractivity contribution in [2.45, 2.75) is 47.6 Å². The molecule has 0 spiro atoms. The van der Waals surface area contributed by atoms with Crippen LogP contribution >= 0.6 is 0 Å². The second kappa shape index (κ2) is 10.9. The van der Waals surface area contributed by atoms with Gasteiger partial charge in [-0.05, 0) is 81.2 Å². The number of aromatic nitrogens is 2. The van der Waals surface area contributed by atoms with Crippen LogP contribution in [0.3, 0.4) is 0 Å². The van der Waals surface area contributed by atoms with Gasteiger partial charge in [0.25, 0.3) is 11.8 Å². The van der Waals surface area contributed by atoms with Crippen LogP contribution in [-0.2, 0) is 9.59 Å². The number of nitriles is 1. The number of aryl methyl sites for hydroxylation is 1. The lowest BCUT2D eigenvalue weighted by Gasteiger charge is -2.30. The summed E-state index contributed by atoms with van der Waals surface area (Å²) in [5.41, 5.74) is 4.77. The van der Waals surface area contributed by atoms with Crippen LogP contribution in [0, 0.1) is 24.2 Å². The Balaban J connectivity index is 1.89. The van der Waals surface area contributed by atoms with E-state index in [1.165, 1.54) is 0 Å². The van der Waals surface area contributed by atoms with Crippen molar-refractivity contribution in [3.63, 3.8) is 0 Å². The van der Waals surface area contributed by atoms with Gasteiger partial charge in [-0.15, -0.1) is 0 Å². The molecule has 38 heavy (non-hydrogen) atoms. The molecule has 194 valence electrons. The molecule has 0 saturated carbocycles. The Bertz CT molecular complexity index is 1490. The highest BCUT2D eigenvalue weighted by Crippen LogP contribution is 2.34. The minimum absolute atomic E-state index is 0.0237. The number of hydrogen-bond acceptors (Lipinski definition) is 5. The van der Waals surface area contributed by atoms with Crippen LogP contribution in [0.5, 0.6) is 5.75 Å². The summed E-state index contributed by atoms with van der Waals surface area (Å²) in [6.07, 6.45) is 3.60. The Morgan fingerprint density at radius 3 is 2.34 bits per heavy atom. The zero-order chi connectivity index (χ0) is 27.6. The Labute approximate surface area is 223 Å². The fraction of sp³-hybridized carbons (Fsp3) is 0.290. The highest BCUT2D eigenvalue weighted by molar-refractivity contribution is 6.20. The van der Waals surface area contributed by atoms with Crippen LogP contribution in [0.1, 0.15) is 45.7 Å². The molecule has 2 aromatic carbocycles. The maximum absolute atomic E-state index is 13.5. The average Bonchev–Trinajstić information content (AvgIpc) is 3.29. The summed E-state index contributed by atoms with van der Waals surface area (Å²) in [6, 6.07) is 17.2. The molecular weight excluding hydrogens is 476 g/mol. The molecule has 2 heterocycles. The van der Waals surface area contributed by atoms with Gasteiger partial charge in [-0.25, -0.2) is 4.68 Å². The van der Waals surface area contributed by atoms with E-state index in [2.05, 4.69) is 13.8 Å². The summed E-state index contributed by atoms with van der Waals surface area (Å²) in [4.78, 5) is 27.4. The fourth-order valence-corrected chi connectivity index (χ4v) is 4.39. The van der Waals surface area contributed by atoms with Crippen molar-refractivity contribution in [3.8, 4) is 28.8 Å². The van der Waals surface area contributed by atoms with Crippen LogP contribution in [0.4, 0.5) is 0 Å². The molecule has 2 amide bonds. The second-order valence-corrected chi connectivity index (χ2v) is 10.1. The van der Waals surface area contributed by atoms with Crippen LogP contribution in [-0.4, -0.2) is 39.1 Å². The lowest BCUT2D eigenvalue weighted by molar-refractivity contribution is -0.142. The van der Waals surface area contributed by atoms with Gasteiger partial charge in [0.1, 0.15) is 23.1 Å².